The molecule has 2 rings (SSSR count). The number of hydrogen-bond acceptors (Lipinski definition) is 1. The van der Waals surface area contributed by atoms with Crippen molar-refractivity contribution in [2.45, 2.75) is 12.8 Å². The molecule has 0 radical (unpaired) electrons. The molecule has 0 fully saturated rings. The summed E-state index contributed by atoms with van der Waals surface area (Å²) in [4.78, 5) is 0. The molecule has 16 heavy (non-hydrogen) atoms. The van der Waals surface area contributed by atoms with Crippen molar-refractivity contribution >= 4 is 11.6 Å². The zero-order valence-electron chi connectivity index (χ0n) is 9.11. The van der Waals surface area contributed by atoms with Crippen molar-refractivity contribution in [1.82, 2.24) is 0 Å². The van der Waals surface area contributed by atoms with Crippen molar-refractivity contribution in [1.29, 1.82) is 0 Å². The van der Waals surface area contributed by atoms with E-state index in [4.69, 9.17) is 16.3 Å². The number of alkyl halides is 1. The molecule has 0 aromatic heterocycles. The highest BCUT2D eigenvalue weighted by molar-refractivity contribution is 6.17. The van der Waals surface area contributed by atoms with Crippen molar-refractivity contribution in [2.75, 3.05) is 0 Å². The zero-order chi connectivity index (χ0) is 11.4. The molecule has 0 aliphatic rings. The lowest BCUT2D eigenvalue weighted by molar-refractivity contribution is 0.482. The molecule has 0 N–H and O–H groups in total. The van der Waals surface area contributed by atoms with E-state index in [2.05, 4.69) is 0 Å². The third-order valence-corrected chi connectivity index (χ3v) is 2.61. The third-order valence-electron chi connectivity index (χ3n) is 2.30. The highest BCUT2D eigenvalue weighted by Gasteiger charge is 1.97. The van der Waals surface area contributed by atoms with E-state index in [0.717, 1.165) is 17.1 Å². The van der Waals surface area contributed by atoms with Gasteiger partial charge in [0.25, 0.3) is 0 Å². The van der Waals surface area contributed by atoms with Crippen LogP contribution in [0.3, 0.4) is 0 Å². The standard InChI is InChI=1S/C14H13ClO/c1-11-3-2-4-14(9-11)16-13-7-5-12(10-15)6-8-13/h2-9H,10H2,1H3. The van der Waals surface area contributed by atoms with Gasteiger partial charge in [0.05, 0.1) is 0 Å². The fraction of sp³-hybridized carbons (Fsp3) is 0.143. The Morgan fingerprint density at radius 2 is 1.75 bits per heavy atom. The van der Waals surface area contributed by atoms with Crippen LogP contribution >= 0.6 is 11.6 Å². The largest absolute Gasteiger partial charge is 0.457 e. The number of benzene rings is 2. The van der Waals surface area contributed by atoms with Crippen LogP contribution in [0, 0.1) is 6.92 Å². The second kappa shape index (κ2) is 5.04. The smallest absolute Gasteiger partial charge is 0.127 e. The van der Waals surface area contributed by atoms with E-state index in [0.29, 0.717) is 5.88 Å². The maximum absolute atomic E-state index is 5.72. The maximum Gasteiger partial charge on any atom is 0.127 e. The number of halogens is 1. The van der Waals surface area contributed by atoms with Crippen LogP contribution in [-0.2, 0) is 5.88 Å². The molecule has 2 aromatic rings. The number of ether oxygens (including phenoxy) is 1. The lowest BCUT2D eigenvalue weighted by atomic mass is 10.2. The first-order valence-corrected chi connectivity index (χ1v) is 5.71. The van der Waals surface area contributed by atoms with Gasteiger partial charge < -0.3 is 4.74 Å². The summed E-state index contributed by atoms with van der Waals surface area (Å²) in [6, 6.07) is 15.8. The highest BCUT2D eigenvalue weighted by Crippen LogP contribution is 2.22. The van der Waals surface area contributed by atoms with Crippen molar-refractivity contribution in [2.24, 2.45) is 0 Å². The monoisotopic (exact) mass is 232 g/mol. The van der Waals surface area contributed by atoms with Crippen LogP contribution in [0.2, 0.25) is 0 Å². The van der Waals surface area contributed by atoms with Crippen molar-refractivity contribution in [3.8, 4) is 11.5 Å². The van der Waals surface area contributed by atoms with Gasteiger partial charge in [0.15, 0.2) is 0 Å². The van der Waals surface area contributed by atoms with E-state index in [1.54, 1.807) is 0 Å². The van der Waals surface area contributed by atoms with Gasteiger partial charge in [-0.3, -0.25) is 0 Å². The molecule has 0 amide bonds. The molecule has 1 nitrogen and oxygen atoms in total. The Morgan fingerprint density at radius 3 is 2.38 bits per heavy atom. The first-order valence-electron chi connectivity index (χ1n) is 5.17. The molecule has 0 heterocycles. The predicted molar refractivity (Wildman–Crippen MR) is 67.3 cm³/mol. The van der Waals surface area contributed by atoms with E-state index in [1.165, 1.54) is 5.56 Å². The normalized spacial score (nSPS) is 10.1. The van der Waals surface area contributed by atoms with Crippen LogP contribution in [0.1, 0.15) is 11.1 Å². The van der Waals surface area contributed by atoms with Crippen molar-refractivity contribution < 1.29 is 4.74 Å². The van der Waals surface area contributed by atoms with Crippen LogP contribution in [0.5, 0.6) is 11.5 Å². The van der Waals surface area contributed by atoms with Gasteiger partial charge in [-0.1, -0.05) is 24.3 Å². The van der Waals surface area contributed by atoms with Crippen LogP contribution in [0.25, 0.3) is 0 Å². The summed E-state index contributed by atoms with van der Waals surface area (Å²) >= 11 is 5.72. The average Bonchev–Trinajstić information content (AvgIpc) is 2.30. The van der Waals surface area contributed by atoms with Gasteiger partial charge in [0, 0.05) is 5.88 Å². The fourth-order valence-corrected chi connectivity index (χ4v) is 1.64. The minimum Gasteiger partial charge on any atom is -0.457 e. The molecule has 2 heteroatoms. The summed E-state index contributed by atoms with van der Waals surface area (Å²) in [7, 11) is 0. The Kier molecular flexibility index (Phi) is 3.47. The van der Waals surface area contributed by atoms with Gasteiger partial charge >= 0.3 is 0 Å². The Hall–Kier alpha value is -1.47. The molecule has 0 saturated heterocycles. The molecule has 0 atom stereocenters. The van der Waals surface area contributed by atoms with Crippen LogP contribution in [0.4, 0.5) is 0 Å². The first kappa shape index (κ1) is 11.0. The predicted octanol–water partition coefficient (Wildman–Crippen LogP) is 4.53. The second-order valence-corrected chi connectivity index (χ2v) is 3.96. The molecule has 2 aromatic carbocycles. The summed E-state index contributed by atoms with van der Waals surface area (Å²) < 4.78 is 5.72. The van der Waals surface area contributed by atoms with E-state index in [9.17, 15) is 0 Å². The van der Waals surface area contributed by atoms with Gasteiger partial charge in [-0.15, -0.1) is 11.6 Å². The Balaban J connectivity index is 2.14. The zero-order valence-corrected chi connectivity index (χ0v) is 9.87. The highest BCUT2D eigenvalue weighted by atomic mass is 35.5. The lowest BCUT2D eigenvalue weighted by Crippen LogP contribution is -1.85. The topological polar surface area (TPSA) is 9.23 Å². The Labute approximate surface area is 101 Å². The summed E-state index contributed by atoms with van der Waals surface area (Å²) in [5.41, 5.74) is 2.29. The van der Waals surface area contributed by atoms with E-state index in [1.807, 2.05) is 55.5 Å². The average molecular weight is 233 g/mol. The summed E-state index contributed by atoms with van der Waals surface area (Å²) in [6.45, 7) is 2.05. The first-order chi connectivity index (χ1) is 7.78. The van der Waals surface area contributed by atoms with Crippen molar-refractivity contribution in [3.63, 3.8) is 0 Å². The van der Waals surface area contributed by atoms with E-state index >= 15 is 0 Å². The third kappa shape index (κ3) is 2.77. The van der Waals surface area contributed by atoms with Gasteiger partial charge in [0.2, 0.25) is 0 Å². The van der Waals surface area contributed by atoms with Crippen molar-refractivity contribution in [3.05, 3.63) is 59.7 Å². The molecule has 0 aliphatic heterocycles. The quantitative estimate of drug-likeness (QED) is 0.707. The van der Waals surface area contributed by atoms with E-state index in [-0.39, 0.29) is 0 Å². The molecule has 0 saturated carbocycles. The molecule has 0 spiro atoms. The number of hydrogen-bond donors (Lipinski definition) is 0. The molecule has 0 aliphatic carbocycles. The molecule has 0 bridgehead atoms. The van der Waals surface area contributed by atoms with Gasteiger partial charge in [-0.05, 0) is 42.3 Å². The Morgan fingerprint density at radius 1 is 1.00 bits per heavy atom. The maximum atomic E-state index is 5.72. The molecule has 82 valence electrons. The van der Waals surface area contributed by atoms with Crippen LogP contribution < -0.4 is 4.74 Å². The minimum atomic E-state index is 0.532. The van der Waals surface area contributed by atoms with E-state index < -0.39 is 0 Å². The Bertz CT molecular complexity index is 462. The summed E-state index contributed by atoms with van der Waals surface area (Å²) in [6.07, 6.45) is 0. The number of aryl methyl sites for hydroxylation is 1. The molecule has 0 unspecified atom stereocenters. The molecular weight excluding hydrogens is 220 g/mol. The van der Waals surface area contributed by atoms with Gasteiger partial charge in [-0.2, -0.15) is 0 Å². The second-order valence-electron chi connectivity index (χ2n) is 3.70. The van der Waals surface area contributed by atoms with Gasteiger partial charge in [0.1, 0.15) is 11.5 Å². The number of rotatable bonds is 3. The SMILES string of the molecule is Cc1cccc(Oc2ccc(CCl)cc2)c1. The van der Waals surface area contributed by atoms with Crippen LogP contribution in [0.15, 0.2) is 48.5 Å². The van der Waals surface area contributed by atoms with Gasteiger partial charge in [-0.25, -0.2) is 0 Å². The molecular formula is C14H13ClO. The fourth-order valence-electron chi connectivity index (χ4n) is 1.46. The summed E-state index contributed by atoms with van der Waals surface area (Å²) in [5, 5.41) is 0. The summed E-state index contributed by atoms with van der Waals surface area (Å²) in [5.74, 6) is 2.23. The van der Waals surface area contributed by atoms with Crippen LogP contribution in [-0.4, -0.2) is 0 Å². The minimum absolute atomic E-state index is 0.532. The lowest BCUT2D eigenvalue weighted by Gasteiger charge is -2.06.